The third kappa shape index (κ3) is 4.94. The molecule has 1 aliphatic heterocycles. The first-order valence-corrected chi connectivity index (χ1v) is 18.9. The summed E-state index contributed by atoms with van der Waals surface area (Å²) in [6, 6.07) is 59.9. The second-order valence-electron chi connectivity index (χ2n) is 13.9. The molecule has 1 nitrogen and oxygen atoms in total. The van der Waals surface area contributed by atoms with Crippen molar-refractivity contribution in [3.05, 3.63) is 192 Å². The molecule has 10 rings (SSSR count). The van der Waals surface area contributed by atoms with Gasteiger partial charge in [-0.3, -0.25) is 4.99 Å². The molecule has 0 unspecified atom stereocenters. The van der Waals surface area contributed by atoms with Gasteiger partial charge in [-0.25, -0.2) is 0 Å². The van der Waals surface area contributed by atoms with E-state index in [1.165, 1.54) is 85.9 Å². The van der Waals surface area contributed by atoms with Gasteiger partial charge in [0.1, 0.15) is 0 Å². The summed E-state index contributed by atoms with van der Waals surface area (Å²) in [5.41, 5.74) is 10.6. The molecule has 1 aliphatic rings. The summed E-state index contributed by atoms with van der Waals surface area (Å²) in [6.07, 6.45) is 2.30. The predicted molar refractivity (Wildman–Crippen MR) is 226 cm³/mol. The topological polar surface area (TPSA) is 12.4 Å². The fourth-order valence-corrected chi connectivity index (χ4v) is 9.32. The van der Waals surface area contributed by atoms with Crippen LogP contribution in [0.2, 0.25) is 0 Å². The Hall–Kier alpha value is -6.09. The zero-order valence-electron chi connectivity index (χ0n) is 29.1. The molecule has 2 heteroatoms. The van der Waals surface area contributed by atoms with Crippen LogP contribution in [-0.4, -0.2) is 5.71 Å². The van der Waals surface area contributed by atoms with Gasteiger partial charge in [-0.15, -0.1) is 11.3 Å². The fourth-order valence-electron chi connectivity index (χ4n) is 8.23. The van der Waals surface area contributed by atoms with Crippen molar-refractivity contribution >= 4 is 80.8 Å². The molecule has 1 atom stereocenters. The van der Waals surface area contributed by atoms with Gasteiger partial charge >= 0.3 is 0 Å². The van der Waals surface area contributed by atoms with E-state index in [1.54, 1.807) is 0 Å². The number of aliphatic imine (C=N–C) groups is 1. The summed E-state index contributed by atoms with van der Waals surface area (Å²) in [4.78, 5) is 5.64. The molecule has 0 bridgehead atoms. The van der Waals surface area contributed by atoms with Crippen molar-refractivity contribution in [3.8, 4) is 11.1 Å². The van der Waals surface area contributed by atoms with Gasteiger partial charge in [0.25, 0.3) is 0 Å². The quantitative estimate of drug-likeness (QED) is 0.164. The number of allylic oxidation sites excluding steroid dienone is 3. The van der Waals surface area contributed by atoms with Crippen LogP contribution in [0.3, 0.4) is 0 Å². The molecule has 0 spiro atoms. The molecular weight excluding hydrogens is 647 g/mol. The largest absolute Gasteiger partial charge is 0.252 e. The van der Waals surface area contributed by atoms with E-state index >= 15 is 0 Å². The first kappa shape index (κ1) is 30.7. The number of rotatable bonds is 4. The van der Waals surface area contributed by atoms with Gasteiger partial charge in [-0.1, -0.05) is 152 Å². The van der Waals surface area contributed by atoms with Crippen LogP contribution in [0, 0.1) is 5.92 Å². The van der Waals surface area contributed by atoms with Crippen LogP contribution in [0.25, 0.3) is 74.9 Å². The van der Waals surface area contributed by atoms with Gasteiger partial charge in [-0.05, 0) is 91.8 Å². The van der Waals surface area contributed by atoms with E-state index in [2.05, 4.69) is 184 Å². The Morgan fingerprint density at radius 2 is 1.04 bits per heavy atom. The van der Waals surface area contributed by atoms with Gasteiger partial charge < -0.3 is 0 Å². The maximum Gasteiger partial charge on any atom is 0.0711 e. The highest BCUT2D eigenvalue weighted by Crippen LogP contribution is 2.43. The summed E-state index contributed by atoms with van der Waals surface area (Å²) in [5.74, 6) is 0.0808. The van der Waals surface area contributed by atoms with Gasteiger partial charge in [0.2, 0.25) is 0 Å². The van der Waals surface area contributed by atoms with Gasteiger partial charge in [0, 0.05) is 37.2 Å². The molecule has 0 radical (unpaired) electrons. The molecule has 0 N–H and O–H groups in total. The van der Waals surface area contributed by atoms with Crippen LogP contribution in [0.15, 0.2) is 180 Å². The van der Waals surface area contributed by atoms with E-state index in [9.17, 15) is 0 Å². The molecule has 9 aromatic rings. The van der Waals surface area contributed by atoms with Crippen LogP contribution in [0.1, 0.15) is 30.5 Å². The Labute approximate surface area is 307 Å². The van der Waals surface area contributed by atoms with Crippen LogP contribution in [-0.2, 0) is 0 Å². The molecule has 0 amide bonds. The van der Waals surface area contributed by atoms with Crippen LogP contribution < -0.4 is 0 Å². The summed E-state index contributed by atoms with van der Waals surface area (Å²) in [6.45, 7) is 4.61. The Morgan fingerprint density at radius 3 is 1.81 bits per heavy atom. The molecule has 0 aliphatic carbocycles. The first-order chi connectivity index (χ1) is 25.6. The minimum atomic E-state index is 0.0808. The van der Waals surface area contributed by atoms with Crippen LogP contribution >= 0.6 is 11.3 Å². The summed E-state index contributed by atoms with van der Waals surface area (Å²) in [5, 5.41) is 10.2. The van der Waals surface area contributed by atoms with Crippen LogP contribution in [0.5, 0.6) is 0 Å². The lowest BCUT2D eigenvalue weighted by Crippen LogP contribution is -2.15. The molecule has 0 fully saturated rings. The number of thiophene rings is 1. The Kier molecular flexibility index (Phi) is 7.26. The monoisotopic (exact) mass is 681 g/mol. The van der Waals surface area contributed by atoms with Crippen molar-refractivity contribution in [1.82, 2.24) is 0 Å². The number of benzene rings is 8. The minimum absolute atomic E-state index is 0.0808. The van der Waals surface area contributed by atoms with E-state index in [-0.39, 0.29) is 5.92 Å². The number of hydrogen-bond donors (Lipinski definition) is 0. The van der Waals surface area contributed by atoms with Crippen LogP contribution in [0.4, 0.5) is 0 Å². The van der Waals surface area contributed by atoms with E-state index < -0.39 is 0 Å². The second kappa shape index (κ2) is 12.3. The summed E-state index contributed by atoms with van der Waals surface area (Å²) in [7, 11) is 0. The van der Waals surface area contributed by atoms with Crippen molar-refractivity contribution < 1.29 is 0 Å². The van der Waals surface area contributed by atoms with Crippen molar-refractivity contribution in [2.24, 2.45) is 10.9 Å². The molecular formula is C50H35NS. The number of hydrogen-bond acceptors (Lipinski definition) is 2. The molecule has 0 saturated heterocycles. The smallest absolute Gasteiger partial charge is 0.0711 e. The molecule has 0 saturated carbocycles. The lowest BCUT2D eigenvalue weighted by Gasteiger charge is -2.21. The van der Waals surface area contributed by atoms with Crippen molar-refractivity contribution in [1.29, 1.82) is 0 Å². The second-order valence-corrected chi connectivity index (χ2v) is 15.0. The van der Waals surface area contributed by atoms with Crippen molar-refractivity contribution in [2.75, 3.05) is 0 Å². The molecule has 246 valence electrons. The normalized spacial score (nSPS) is 15.1. The summed E-state index contributed by atoms with van der Waals surface area (Å²) < 4.78 is 2.66. The molecule has 8 aromatic carbocycles. The van der Waals surface area contributed by atoms with E-state index in [0.29, 0.717) is 0 Å². The third-order valence-electron chi connectivity index (χ3n) is 11.0. The lowest BCUT2D eigenvalue weighted by molar-refractivity contribution is 0.922. The third-order valence-corrected chi connectivity index (χ3v) is 12.2. The minimum Gasteiger partial charge on any atom is -0.252 e. The standard InChI is InChI=1S/C50H35NS/c1-31-32(2)50(51-46(34-16-7-4-8-17-34)30-43(31)33-14-5-3-6-15-33)42-22-13-21-41-38-19-10-9-18-37(38)39-26-24-35(29-45(39)49(41)42)36-25-27-48-44(28-36)40-20-11-12-23-47(40)52-48/h3-30,32H,1-2H3/t32-/m0/s1. The highest BCUT2D eigenvalue weighted by atomic mass is 32.1. The predicted octanol–water partition coefficient (Wildman–Crippen LogP) is 14.1. The molecule has 52 heavy (non-hydrogen) atoms. The first-order valence-electron chi connectivity index (χ1n) is 18.0. The zero-order chi connectivity index (χ0) is 34.8. The maximum atomic E-state index is 5.64. The van der Waals surface area contributed by atoms with Gasteiger partial charge in [-0.2, -0.15) is 0 Å². The van der Waals surface area contributed by atoms with E-state index in [1.807, 2.05) is 11.3 Å². The van der Waals surface area contributed by atoms with Crippen molar-refractivity contribution in [3.63, 3.8) is 0 Å². The average molecular weight is 682 g/mol. The number of fused-ring (bicyclic) bond motifs is 9. The Morgan fingerprint density at radius 1 is 0.462 bits per heavy atom. The van der Waals surface area contributed by atoms with Crippen molar-refractivity contribution in [2.45, 2.75) is 13.8 Å². The molecule has 2 heterocycles. The SMILES string of the molecule is CC1=C(c2ccccc2)C=C(c2ccccc2)N=C(c2cccc3c4ccccc4c4ccc(-c5ccc6sc7ccccc7c6c5)cc4c23)[C@H]1C. The lowest BCUT2D eigenvalue weighted by atomic mass is 9.83. The zero-order valence-corrected chi connectivity index (χ0v) is 29.9. The maximum absolute atomic E-state index is 5.64. The van der Waals surface area contributed by atoms with E-state index in [4.69, 9.17) is 4.99 Å². The highest BCUT2D eigenvalue weighted by molar-refractivity contribution is 7.25. The number of nitrogens with zero attached hydrogens (tertiary/aromatic N) is 1. The van der Waals surface area contributed by atoms with E-state index in [0.717, 1.165) is 17.0 Å². The molecule has 1 aromatic heterocycles. The Balaban J connectivity index is 1.25. The average Bonchev–Trinajstić information content (AvgIpc) is 3.53. The summed E-state index contributed by atoms with van der Waals surface area (Å²) >= 11 is 1.87. The van der Waals surface area contributed by atoms with Gasteiger partial charge in [0.15, 0.2) is 0 Å². The highest BCUT2D eigenvalue weighted by Gasteiger charge is 2.25. The van der Waals surface area contributed by atoms with Gasteiger partial charge in [0.05, 0.1) is 11.4 Å². The Bertz CT molecular complexity index is 2960. The fraction of sp³-hybridized carbons (Fsp3) is 0.0600.